The number of amides is 2. The number of nitrogens with one attached hydrogen (secondary N) is 1. The van der Waals surface area contributed by atoms with Gasteiger partial charge in [0.1, 0.15) is 11.4 Å². The summed E-state index contributed by atoms with van der Waals surface area (Å²) in [6.07, 6.45) is 2.55. The zero-order valence-corrected chi connectivity index (χ0v) is 15.0. The Morgan fingerprint density at radius 2 is 2.08 bits per heavy atom. The normalized spacial score (nSPS) is 16.7. The number of aryl methyl sites for hydroxylation is 2. The molecular formula is C18H25N5O2. The van der Waals surface area contributed by atoms with Crippen LogP contribution >= 0.6 is 0 Å². The van der Waals surface area contributed by atoms with E-state index in [-0.39, 0.29) is 12.1 Å². The first-order chi connectivity index (χ1) is 12.1. The minimum Gasteiger partial charge on any atom is -0.359 e. The van der Waals surface area contributed by atoms with E-state index in [0.29, 0.717) is 24.5 Å². The number of aromatic nitrogens is 2. The van der Waals surface area contributed by atoms with Crippen LogP contribution in [-0.2, 0) is 6.42 Å². The maximum Gasteiger partial charge on any atom is 0.322 e. The number of pyridine rings is 1. The van der Waals surface area contributed by atoms with Gasteiger partial charge in [-0.15, -0.1) is 0 Å². The molecule has 2 amide bonds. The molecule has 1 N–H and O–H groups in total. The number of hydrogen-bond acceptors (Lipinski definition) is 5. The summed E-state index contributed by atoms with van der Waals surface area (Å²) in [7, 11) is 0. The number of rotatable bonds is 4. The van der Waals surface area contributed by atoms with Crippen molar-refractivity contribution in [3.63, 3.8) is 0 Å². The summed E-state index contributed by atoms with van der Waals surface area (Å²) >= 11 is 0. The van der Waals surface area contributed by atoms with Crippen molar-refractivity contribution in [2.45, 2.75) is 33.2 Å². The molecule has 2 aromatic rings. The molecule has 3 rings (SSSR count). The molecular weight excluding hydrogens is 318 g/mol. The highest BCUT2D eigenvalue weighted by Crippen LogP contribution is 2.22. The Morgan fingerprint density at radius 1 is 1.32 bits per heavy atom. The molecule has 7 nitrogen and oxygen atoms in total. The maximum absolute atomic E-state index is 12.5. The van der Waals surface area contributed by atoms with Gasteiger partial charge in [-0.2, -0.15) is 0 Å². The molecule has 1 aliphatic rings. The van der Waals surface area contributed by atoms with Gasteiger partial charge >= 0.3 is 6.03 Å². The molecule has 1 saturated heterocycles. The molecule has 25 heavy (non-hydrogen) atoms. The van der Waals surface area contributed by atoms with E-state index in [1.807, 2.05) is 43.1 Å². The van der Waals surface area contributed by atoms with Crippen LogP contribution in [0.1, 0.15) is 37.0 Å². The van der Waals surface area contributed by atoms with Crippen molar-refractivity contribution < 1.29 is 9.32 Å². The molecule has 0 spiro atoms. The van der Waals surface area contributed by atoms with Crippen molar-refractivity contribution in [1.82, 2.24) is 19.9 Å². The predicted molar refractivity (Wildman–Crippen MR) is 95.4 cm³/mol. The lowest BCUT2D eigenvalue weighted by Gasteiger charge is -2.37. The molecule has 0 aromatic carbocycles. The second kappa shape index (κ2) is 7.65. The second-order valence-electron chi connectivity index (χ2n) is 6.30. The third-order valence-electron chi connectivity index (χ3n) is 4.77. The van der Waals surface area contributed by atoms with E-state index in [1.54, 1.807) is 0 Å². The van der Waals surface area contributed by atoms with Crippen LogP contribution in [0.4, 0.5) is 10.5 Å². The van der Waals surface area contributed by atoms with Crippen LogP contribution in [0.5, 0.6) is 0 Å². The van der Waals surface area contributed by atoms with Crippen molar-refractivity contribution in [3.05, 3.63) is 41.5 Å². The van der Waals surface area contributed by atoms with Gasteiger partial charge in [0.15, 0.2) is 5.76 Å². The number of carbonyl (C=O) groups is 1. The van der Waals surface area contributed by atoms with Crippen LogP contribution in [0.2, 0.25) is 0 Å². The average Bonchev–Trinajstić information content (AvgIpc) is 3.01. The molecule has 0 saturated carbocycles. The van der Waals surface area contributed by atoms with Gasteiger partial charge in [0, 0.05) is 38.4 Å². The lowest BCUT2D eigenvalue weighted by molar-refractivity contribution is 0.118. The van der Waals surface area contributed by atoms with Gasteiger partial charge in [0.25, 0.3) is 0 Å². The van der Waals surface area contributed by atoms with E-state index in [9.17, 15) is 4.79 Å². The van der Waals surface area contributed by atoms with E-state index >= 15 is 0 Å². The molecule has 2 aromatic heterocycles. The minimum atomic E-state index is -0.0915. The Morgan fingerprint density at radius 3 is 2.72 bits per heavy atom. The van der Waals surface area contributed by atoms with E-state index in [2.05, 4.69) is 27.3 Å². The summed E-state index contributed by atoms with van der Waals surface area (Å²) in [5, 5.41) is 6.93. The first-order valence-corrected chi connectivity index (χ1v) is 8.76. The van der Waals surface area contributed by atoms with Crippen LogP contribution in [0.15, 0.2) is 28.9 Å². The van der Waals surface area contributed by atoms with Gasteiger partial charge in [0.2, 0.25) is 0 Å². The molecule has 0 radical (unpaired) electrons. The number of urea groups is 1. The highest BCUT2D eigenvalue weighted by Gasteiger charge is 2.26. The van der Waals surface area contributed by atoms with Crippen LogP contribution in [0, 0.1) is 6.92 Å². The number of hydrogen-bond donors (Lipinski definition) is 1. The van der Waals surface area contributed by atoms with Crippen LogP contribution in [0.3, 0.4) is 0 Å². The van der Waals surface area contributed by atoms with Gasteiger partial charge in [-0.1, -0.05) is 18.1 Å². The van der Waals surface area contributed by atoms with Gasteiger partial charge < -0.3 is 14.7 Å². The zero-order chi connectivity index (χ0) is 17.8. The smallest absolute Gasteiger partial charge is 0.322 e. The van der Waals surface area contributed by atoms with Crippen molar-refractivity contribution in [1.29, 1.82) is 0 Å². The summed E-state index contributed by atoms with van der Waals surface area (Å²) < 4.78 is 5.17. The fraction of sp³-hybridized carbons (Fsp3) is 0.500. The van der Waals surface area contributed by atoms with Crippen molar-refractivity contribution >= 4 is 11.7 Å². The Hall–Kier alpha value is -2.41. The summed E-state index contributed by atoms with van der Waals surface area (Å²) in [5.41, 5.74) is 2.55. The monoisotopic (exact) mass is 343 g/mol. The quantitative estimate of drug-likeness (QED) is 0.924. The highest BCUT2D eigenvalue weighted by molar-refractivity contribution is 5.90. The second-order valence-corrected chi connectivity index (χ2v) is 6.30. The summed E-state index contributed by atoms with van der Waals surface area (Å²) in [5.74, 6) is 0.646. The fourth-order valence-electron chi connectivity index (χ4n) is 3.13. The summed E-state index contributed by atoms with van der Waals surface area (Å²) in [4.78, 5) is 21.2. The lowest BCUT2D eigenvalue weighted by atomic mass is 10.1. The van der Waals surface area contributed by atoms with E-state index in [4.69, 9.17) is 4.52 Å². The number of nitrogens with zero attached hydrogens (tertiary/aromatic N) is 4. The standard InChI is InChI=1S/C18H25N5O2/c1-4-15-17(14(3)25-21-15)20-18(24)23-11-9-22(10-12-23)13(2)16-7-5-6-8-19-16/h5-8,13H,4,9-12H2,1-3H3,(H,20,24)/t13-/m1/s1. The summed E-state index contributed by atoms with van der Waals surface area (Å²) in [6, 6.07) is 6.14. The van der Waals surface area contributed by atoms with E-state index in [0.717, 1.165) is 30.9 Å². The molecule has 134 valence electrons. The van der Waals surface area contributed by atoms with E-state index < -0.39 is 0 Å². The number of anilines is 1. The largest absolute Gasteiger partial charge is 0.359 e. The van der Waals surface area contributed by atoms with E-state index in [1.165, 1.54) is 0 Å². The van der Waals surface area contributed by atoms with Crippen LogP contribution in [-0.4, -0.2) is 52.2 Å². The average molecular weight is 343 g/mol. The van der Waals surface area contributed by atoms with Gasteiger partial charge in [-0.3, -0.25) is 9.88 Å². The van der Waals surface area contributed by atoms with Crippen molar-refractivity contribution in [2.75, 3.05) is 31.5 Å². The Labute approximate surface area is 148 Å². The molecule has 3 heterocycles. The zero-order valence-electron chi connectivity index (χ0n) is 15.0. The lowest BCUT2D eigenvalue weighted by Crippen LogP contribution is -2.50. The topological polar surface area (TPSA) is 74.5 Å². The molecule has 1 aliphatic heterocycles. The molecule has 1 fully saturated rings. The Bertz CT molecular complexity index is 708. The molecule has 0 unspecified atom stereocenters. The van der Waals surface area contributed by atoms with Gasteiger partial charge in [0.05, 0.1) is 5.69 Å². The summed E-state index contributed by atoms with van der Waals surface area (Å²) in [6.45, 7) is 9.00. The molecule has 0 bridgehead atoms. The first-order valence-electron chi connectivity index (χ1n) is 8.76. The predicted octanol–water partition coefficient (Wildman–Crippen LogP) is 2.85. The van der Waals surface area contributed by atoms with Gasteiger partial charge in [-0.05, 0) is 32.4 Å². The first kappa shape index (κ1) is 17.4. The minimum absolute atomic E-state index is 0.0915. The molecule has 1 atom stereocenters. The third-order valence-corrected chi connectivity index (χ3v) is 4.77. The van der Waals surface area contributed by atoms with Crippen LogP contribution in [0.25, 0.3) is 0 Å². The van der Waals surface area contributed by atoms with Crippen molar-refractivity contribution in [2.24, 2.45) is 0 Å². The maximum atomic E-state index is 12.5. The highest BCUT2D eigenvalue weighted by atomic mass is 16.5. The van der Waals surface area contributed by atoms with Gasteiger partial charge in [-0.25, -0.2) is 4.79 Å². The molecule has 7 heteroatoms. The Kier molecular flexibility index (Phi) is 5.33. The Balaban J connectivity index is 1.57. The third kappa shape index (κ3) is 3.82. The number of carbonyl (C=O) groups excluding carboxylic acids is 1. The SMILES string of the molecule is CCc1noc(C)c1NC(=O)N1CCN([C@H](C)c2ccccn2)CC1. The van der Waals surface area contributed by atoms with Crippen molar-refractivity contribution in [3.8, 4) is 0 Å². The number of piperazine rings is 1. The van der Waals surface area contributed by atoms with Crippen LogP contribution < -0.4 is 5.32 Å². The molecule has 0 aliphatic carbocycles. The fourth-order valence-corrected chi connectivity index (χ4v) is 3.13.